The Morgan fingerprint density at radius 3 is 2.22 bits per heavy atom. The van der Waals surface area contributed by atoms with Crippen molar-refractivity contribution in [2.45, 2.75) is 25.7 Å². The predicted octanol–water partition coefficient (Wildman–Crippen LogP) is 1.91. The molecule has 1 aromatic rings. The fourth-order valence-corrected chi connectivity index (χ4v) is 3.92. The third-order valence-corrected chi connectivity index (χ3v) is 5.43. The second-order valence-corrected chi connectivity index (χ2v) is 7.16. The summed E-state index contributed by atoms with van der Waals surface area (Å²) < 4.78 is 0. The fraction of sp³-hybridized carbons (Fsp3) is 0.647. The SMILES string of the molecule is O=C(CN1CCN(C(=O)c2ccsc2)CC1)N1CCCCCC1. The quantitative estimate of drug-likeness (QED) is 0.847. The summed E-state index contributed by atoms with van der Waals surface area (Å²) in [4.78, 5) is 30.8. The lowest BCUT2D eigenvalue weighted by molar-refractivity contribution is -0.132. The molecule has 5 nitrogen and oxygen atoms in total. The second kappa shape index (κ2) is 7.93. The summed E-state index contributed by atoms with van der Waals surface area (Å²) in [6, 6.07) is 1.88. The van der Waals surface area contributed by atoms with E-state index < -0.39 is 0 Å². The van der Waals surface area contributed by atoms with Crippen LogP contribution in [0.4, 0.5) is 0 Å². The lowest BCUT2D eigenvalue weighted by atomic mass is 10.2. The van der Waals surface area contributed by atoms with Gasteiger partial charge in [-0.1, -0.05) is 12.8 Å². The van der Waals surface area contributed by atoms with E-state index in [0.717, 1.165) is 44.6 Å². The molecular formula is C17H25N3O2S. The highest BCUT2D eigenvalue weighted by atomic mass is 32.1. The van der Waals surface area contributed by atoms with Gasteiger partial charge in [0.2, 0.25) is 5.91 Å². The van der Waals surface area contributed by atoms with Crippen LogP contribution in [-0.2, 0) is 4.79 Å². The Morgan fingerprint density at radius 1 is 0.913 bits per heavy atom. The number of hydrogen-bond acceptors (Lipinski definition) is 4. The van der Waals surface area contributed by atoms with Crippen LogP contribution in [0.3, 0.4) is 0 Å². The van der Waals surface area contributed by atoms with Crippen LogP contribution in [0.1, 0.15) is 36.0 Å². The van der Waals surface area contributed by atoms with Crippen molar-refractivity contribution in [3.8, 4) is 0 Å². The van der Waals surface area contributed by atoms with E-state index in [1.807, 2.05) is 26.6 Å². The van der Waals surface area contributed by atoms with Gasteiger partial charge in [0.15, 0.2) is 0 Å². The van der Waals surface area contributed by atoms with Crippen LogP contribution < -0.4 is 0 Å². The van der Waals surface area contributed by atoms with Gasteiger partial charge in [0, 0.05) is 44.6 Å². The Balaban J connectivity index is 1.45. The fourth-order valence-electron chi connectivity index (χ4n) is 3.29. The number of rotatable bonds is 3. The van der Waals surface area contributed by atoms with Gasteiger partial charge in [-0.25, -0.2) is 0 Å². The molecule has 2 saturated heterocycles. The summed E-state index contributed by atoms with van der Waals surface area (Å²) in [6.07, 6.45) is 4.75. The molecule has 2 fully saturated rings. The zero-order chi connectivity index (χ0) is 16.1. The van der Waals surface area contributed by atoms with Crippen molar-refractivity contribution in [3.63, 3.8) is 0 Å². The number of hydrogen-bond donors (Lipinski definition) is 0. The van der Waals surface area contributed by atoms with Crippen LogP contribution in [0.2, 0.25) is 0 Å². The number of carbonyl (C=O) groups excluding carboxylic acids is 2. The number of amides is 2. The smallest absolute Gasteiger partial charge is 0.254 e. The number of nitrogens with zero attached hydrogens (tertiary/aromatic N) is 3. The van der Waals surface area contributed by atoms with Gasteiger partial charge in [-0.2, -0.15) is 11.3 Å². The lowest BCUT2D eigenvalue weighted by Crippen LogP contribution is -2.51. The predicted molar refractivity (Wildman–Crippen MR) is 91.7 cm³/mol. The van der Waals surface area contributed by atoms with E-state index in [1.165, 1.54) is 12.8 Å². The van der Waals surface area contributed by atoms with Crippen molar-refractivity contribution in [3.05, 3.63) is 22.4 Å². The highest BCUT2D eigenvalue weighted by molar-refractivity contribution is 7.08. The van der Waals surface area contributed by atoms with Crippen molar-refractivity contribution in [1.29, 1.82) is 0 Å². The minimum atomic E-state index is 0.116. The molecule has 0 aromatic carbocycles. The Kier molecular flexibility index (Phi) is 5.67. The first-order valence-corrected chi connectivity index (χ1v) is 9.50. The van der Waals surface area contributed by atoms with Crippen LogP contribution in [0, 0.1) is 0 Å². The van der Waals surface area contributed by atoms with Crippen LogP contribution in [0.25, 0.3) is 0 Å². The Labute approximate surface area is 141 Å². The van der Waals surface area contributed by atoms with E-state index in [0.29, 0.717) is 19.6 Å². The lowest BCUT2D eigenvalue weighted by Gasteiger charge is -2.35. The summed E-state index contributed by atoms with van der Waals surface area (Å²) in [6.45, 7) is 5.32. The second-order valence-electron chi connectivity index (χ2n) is 6.38. The van der Waals surface area contributed by atoms with E-state index in [1.54, 1.807) is 11.3 Å². The summed E-state index contributed by atoms with van der Waals surface area (Å²) in [5, 5.41) is 3.83. The van der Waals surface area contributed by atoms with Gasteiger partial charge in [0.1, 0.15) is 0 Å². The van der Waals surface area contributed by atoms with Crippen molar-refractivity contribution in [2.24, 2.45) is 0 Å². The molecule has 6 heteroatoms. The molecule has 2 aliphatic heterocycles. The molecule has 0 unspecified atom stereocenters. The van der Waals surface area contributed by atoms with Gasteiger partial charge < -0.3 is 9.80 Å². The maximum atomic E-state index is 12.4. The summed E-state index contributed by atoms with van der Waals surface area (Å²) >= 11 is 1.55. The van der Waals surface area contributed by atoms with Crippen molar-refractivity contribution in [2.75, 3.05) is 45.8 Å². The van der Waals surface area contributed by atoms with Crippen molar-refractivity contribution >= 4 is 23.2 Å². The summed E-state index contributed by atoms with van der Waals surface area (Å²) in [5.74, 6) is 0.370. The van der Waals surface area contributed by atoms with Crippen molar-refractivity contribution < 1.29 is 9.59 Å². The molecule has 0 spiro atoms. The molecule has 0 radical (unpaired) electrons. The molecule has 0 aliphatic carbocycles. The van der Waals surface area contributed by atoms with Gasteiger partial charge in [-0.3, -0.25) is 14.5 Å². The first kappa shape index (κ1) is 16.5. The van der Waals surface area contributed by atoms with E-state index in [9.17, 15) is 9.59 Å². The molecule has 3 rings (SSSR count). The van der Waals surface area contributed by atoms with Crippen LogP contribution in [0.5, 0.6) is 0 Å². The van der Waals surface area contributed by atoms with Crippen LogP contribution >= 0.6 is 11.3 Å². The summed E-state index contributed by atoms with van der Waals surface area (Å²) in [7, 11) is 0. The first-order chi connectivity index (χ1) is 11.2. The molecule has 0 atom stereocenters. The highest BCUT2D eigenvalue weighted by Crippen LogP contribution is 2.13. The Hall–Kier alpha value is -1.40. The van der Waals surface area contributed by atoms with E-state index in [4.69, 9.17) is 0 Å². The minimum Gasteiger partial charge on any atom is -0.342 e. The average molecular weight is 335 g/mol. The average Bonchev–Trinajstić information content (AvgIpc) is 2.97. The maximum absolute atomic E-state index is 12.4. The topological polar surface area (TPSA) is 43.9 Å². The zero-order valence-corrected chi connectivity index (χ0v) is 14.4. The normalized spacial score (nSPS) is 20.3. The van der Waals surface area contributed by atoms with Gasteiger partial charge in [0.25, 0.3) is 5.91 Å². The van der Waals surface area contributed by atoms with E-state index in [2.05, 4.69) is 4.90 Å². The molecule has 2 amide bonds. The highest BCUT2D eigenvalue weighted by Gasteiger charge is 2.25. The largest absolute Gasteiger partial charge is 0.342 e. The third kappa shape index (κ3) is 4.32. The maximum Gasteiger partial charge on any atom is 0.254 e. The molecule has 23 heavy (non-hydrogen) atoms. The monoisotopic (exact) mass is 335 g/mol. The first-order valence-electron chi connectivity index (χ1n) is 8.55. The Bertz CT molecular complexity index is 516. The van der Waals surface area contributed by atoms with Crippen LogP contribution in [-0.4, -0.2) is 72.3 Å². The van der Waals surface area contributed by atoms with E-state index in [-0.39, 0.29) is 11.8 Å². The molecule has 1 aromatic heterocycles. The Morgan fingerprint density at radius 2 is 1.61 bits per heavy atom. The molecule has 2 aliphatic rings. The standard InChI is InChI=1S/C17H25N3O2S/c21-16(19-6-3-1-2-4-7-19)13-18-8-10-20(11-9-18)17(22)15-5-12-23-14-15/h5,12,14H,1-4,6-11,13H2. The minimum absolute atomic E-state index is 0.116. The molecule has 126 valence electrons. The third-order valence-electron chi connectivity index (χ3n) is 4.75. The van der Waals surface area contributed by atoms with Crippen molar-refractivity contribution in [1.82, 2.24) is 14.7 Å². The van der Waals surface area contributed by atoms with Crippen LogP contribution in [0.15, 0.2) is 16.8 Å². The van der Waals surface area contributed by atoms with Gasteiger partial charge >= 0.3 is 0 Å². The number of thiophene rings is 1. The van der Waals surface area contributed by atoms with E-state index >= 15 is 0 Å². The molecule has 0 N–H and O–H groups in total. The van der Waals surface area contributed by atoms with Gasteiger partial charge in [-0.15, -0.1) is 0 Å². The van der Waals surface area contributed by atoms with Gasteiger partial charge in [0.05, 0.1) is 12.1 Å². The number of carbonyl (C=O) groups is 2. The summed E-state index contributed by atoms with van der Waals surface area (Å²) in [5.41, 5.74) is 0.782. The number of piperazine rings is 1. The van der Waals surface area contributed by atoms with Gasteiger partial charge in [-0.05, 0) is 24.3 Å². The molecule has 0 saturated carbocycles. The number of likely N-dealkylation sites (tertiary alicyclic amines) is 1. The molecule has 3 heterocycles. The molecule has 0 bridgehead atoms. The zero-order valence-electron chi connectivity index (χ0n) is 13.6. The molecular weight excluding hydrogens is 310 g/mol.